The van der Waals surface area contributed by atoms with Crippen LogP contribution in [0, 0.1) is 31.1 Å². The number of hydrogen-bond acceptors (Lipinski definition) is 0. The van der Waals surface area contributed by atoms with Gasteiger partial charge in [-0.15, -0.1) is 0 Å². The molecular formula is AlNi2UZr. The van der Waals surface area contributed by atoms with E-state index in [0.29, 0.717) is 0 Å². The monoisotopic (exact) mass is 471 g/mol. The molecule has 0 aromatic rings. The molecule has 0 aliphatic carbocycles. The summed E-state index contributed by atoms with van der Waals surface area (Å²) in [5.74, 6) is 0. The predicted molar refractivity (Wildman–Crippen MR) is 5.75 cm³/mol. The zero-order valence-corrected chi connectivity index (χ0v) is 12.0. The van der Waals surface area contributed by atoms with Crippen molar-refractivity contribution in [3.63, 3.8) is 0 Å². The maximum atomic E-state index is 0. The second-order valence-corrected chi connectivity index (χ2v) is 0. The molecule has 0 rings (SSSR count). The number of hydrogen-bond donors (Lipinski definition) is 0. The van der Waals surface area contributed by atoms with E-state index in [1.54, 1.807) is 0 Å². The molecule has 0 aliphatic rings. The van der Waals surface area contributed by atoms with E-state index in [0.717, 1.165) is 0 Å². The summed E-state index contributed by atoms with van der Waals surface area (Å²) in [5, 5.41) is 0. The number of rotatable bonds is 0. The Balaban J connectivity index is 0. The first kappa shape index (κ1) is 39.4. The Hall–Kier alpha value is 3.45. The van der Waals surface area contributed by atoms with Crippen molar-refractivity contribution in [2.24, 2.45) is 0 Å². The van der Waals surface area contributed by atoms with Gasteiger partial charge in [0.15, 0.2) is 0 Å². The zero-order chi connectivity index (χ0) is 0. The molecule has 0 spiro atoms. The van der Waals surface area contributed by atoms with E-state index in [-0.39, 0.29) is 108 Å². The van der Waals surface area contributed by atoms with Gasteiger partial charge in [0, 0.05) is 108 Å². The summed E-state index contributed by atoms with van der Waals surface area (Å²) in [6, 6.07) is 0. The Kier molecular flexibility index (Phi) is 205. The van der Waals surface area contributed by atoms with Crippen LogP contribution in [0.1, 0.15) is 0 Å². The zero-order valence-electron chi connectivity index (χ0n) is 2.21. The third-order valence-corrected chi connectivity index (χ3v) is 0. The van der Waals surface area contributed by atoms with Gasteiger partial charge in [0.2, 0.25) is 0 Å². The minimum absolute atomic E-state index is 0. The van der Waals surface area contributed by atoms with Crippen molar-refractivity contribution < 1.29 is 90.3 Å². The summed E-state index contributed by atoms with van der Waals surface area (Å²) in [7, 11) is 0. The standard InChI is InChI=1S/Al.2Ni.U.Zr. The van der Waals surface area contributed by atoms with Crippen molar-refractivity contribution in [1.29, 1.82) is 0 Å². The molecule has 0 nitrogen and oxygen atoms in total. The van der Waals surface area contributed by atoms with Gasteiger partial charge in [0.05, 0.1) is 0 Å². The van der Waals surface area contributed by atoms with Crippen LogP contribution in [-0.4, -0.2) is 17.4 Å². The Labute approximate surface area is 105 Å². The van der Waals surface area contributed by atoms with E-state index in [1.807, 2.05) is 0 Å². The van der Waals surface area contributed by atoms with Crippen LogP contribution < -0.4 is 0 Å². The molecule has 0 unspecified atom stereocenters. The van der Waals surface area contributed by atoms with Gasteiger partial charge in [0.1, 0.15) is 0 Å². The molecule has 0 aliphatic heterocycles. The molecule has 0 saturated carbocycles. The van der Waals surface area contributed by atoms with Gasteiger partial charge in [-0.2, -0.15) is 0 Å². The molecule has 0 N–H and O–H groups in total. The Morgan fingerprint density at radius 1 is 0.800 bits per heavy atom. The first-order valence-corrected chi connectivity index (χ1v) is 0. The van der Waals surface area contributed by atoms with Gasteiger partial charge >= 0.3 is 0 Å². The van der Waals surface area contributed by atoms with Crippen LogP contribution in [0.5, 0.6) is 0 Å². The molecular weight excluding hydrogens is 474 g/mol. The van der Waals surface area contributed by atoms with E-state index in [4.69, 9.17) is 0 Å². The van der Waals surface area contributed by atoms with Crippen molar-refractivity contribution >= 4 is 17.4 Å². The normalized spacial score (nSPS) is 0. The minimum Gasteiger partial charge on any atom is 0 e. The molecule has 0 atom stereocenters. The second-order valence-electron chi connectivity index (χ2n) is 0. The van der Waals surface area contributed by atoms with E-state index < -0.39 is 0 Å². The largest absolute Gasteiger partial charge is 0 e. The quantitative estimate of drug-likeness (QED) is 0.421. The fourth-order valence-corrected chi connectivity index (χ4v) is 0. The molecule has 31 valence electrons. The molecule has 0 aromatic heterocycles. The third kappa shape index (κ3) is 18.6. The average Bonchev–Trinajstić information content (AvgIpc) is 0. The molecule has 0 amide bonds. The summed E-state index contributed by atoms with van der Waals surface area (Å²) < 4.78 is 0. The van der Waals surface area contributed by atoms with Gasteiger partial charge in [0.25, 0.3) is 0 Å². The second kappa shape index (κ2) is 26.0. The van der Waals surface area contributed by atoms with Gasteiger partial charge < -0.3 is 0 Å². The van der Waals surface area contributed by atoms with E-state index in [1.165, 1.54) is 0 Å². The molecule has 5 heteroatoms. The molecule has 0 fully saturated rings. The van der Waals surface area contributed by atoms with Crippen molar-refractivity contribution in [3.05, 3.63) is 0 Å². The maximum absolute atomic E-state index is 0. The van der Waals surface area contributed by atoms with Crippen LogP contribution in [0.15, 0.2) is 0 Å². The van der Waals surface area contributed by atoms with Crippen LogP contribution >= 0.6 is 0 Å². The average molecular weight is 474 g/mol. The fourth-order valence-electron chi connectivity index (χ4n) is 0. The molecule has 5 heavy (non-hydrogen) atoms. The van der Waals surface area contributed by atoms with Crippen molar-refractivity contribution in [2.45, 2.75) is 0 Å². The molecule has 0 saturated heterocycles. The van der Waals surface area contributed by atoms with Crippen LogP contribution in [0.3, 0.4) is 0 Å². The topological polar surface area (TPSA) is 0 Å². The predicted octanol–water partition coefficient (Wildman–Crippen LogP) is -0.388. The third-order valence-electron chi connectivity index (χ3n) is 0. The van der Waals surface area contributed by atoms with E-state index in [2.05, 4.69) is 0 Å². The summed E-state index contributed by atoms with van der Waals surface area (Å²) in [6.45, 7) is 0. The van der Waals surface area contributed by atoms with Crippen molar-refractivity contribution in [2.75, 3.05) is 0 Å². The fraction of sp³-hybridized carbons (Fsp3) is 0. The van der Waals surface area contributed by atoms with E-state index >= 15 is 0 Å². The Morgan fingerprint density at radius 3 is 0.800 bits per heavy atom. The molecule has 0 heterocycles. The van der Waals surface area contributed by atoms with Crippen LogP contribution in [0.4, 0.5) is 0 Å². The maximum Gasteiger partial charge on any atom is 0 e. The minimum atomic E-state index is 0. The van der Waals surface area contributed by atoms with Crippen LogP contribution in [-0.2, 0) is 59.2 Å². The van der Waals surface area contributed by atoms with Gasteiger partial charge in [-0.1, -0.05) is 0 Å². The summed E-state index contributed by atoms with van der Waals surface area (Å²) in [4.78, 5) is 0. The van der Waals surface area contributed by atoms with Crippen LogP contribution in [0.25, 0.3) is 0 Å². The van der Waals surface area contributed by atoms with Gasteiger partial charge in [-0.05, 0) is 0 Å². The SMILES string of the molecule is [Al].[Ni].[Ni].[U].[Zr]. The van der Waals surface area contributed by atoms with E-state index in [9.17, 15) is 0 Å². The van der Waals surface area contributed by atoms with Gasteiger partial charge in [-0.3, -0.25) is 0 Å². The summed E-state index contributed by atoms with van der Waals surface area (Å²) >= 11 is 0. The van der Waals surface area contributed by atoms with Gasteiger partial charge in [-0.25, -0.2) is 0 Å². The Bertz CT molecular complexity index is 9.61. The molecule has 0 bridgehead atoms. The first-order valence-electron chi connectivity index (χ1n) is 0. The summed E-state index contributed by atoms with van der Waals surface area (Å²) in [6.07, 6.45) is 0. The van der Waals surface area contributed by atoms with Crippen molar-refractivity contribution in [1.82, 2.24) is 0 Å². The Morgan fingerprint density at radius 2 is 0.800 bits per heavy atom. The summed E-state index contributed by atoms with van der Waals surface area (Å²) in [5.41, 5.74) is 0. The first-order chi connectivity index (χ1) is 0. The molecule has 3 radical (unpaired) electrons. The molecule has 0 aromatic carbocycles. The van der Waals surface area contributed by atoms with Crippen molar-refractivity contribution in [3.8, 4) is 0 Å². The smallest absolute Gasteiger partial charge is 0 e. The van der Waals surface area contributed by atoms with Crippen LogP contribution in [0.2, 0.25) is 0 Å².